The second kappa shape index (κ2) is 6.32. The monoisotopic (exact) mass is 329 g/mol. The molecule has 4 aromatic rings. The van der Waals surface area contributed by atoms with Gasteiger partial charge in [0.25, 0.3) is 0 Å². The van der Waals surface area contributed by atoms with Gasteiger partial charge in [0, 0.05) is 23.5 Å². The van der Waals surface area contributed by atoms with Gasteiger partial charge in [0.15, 0.2) is 0 Å². The molecule has 0 saturated heterocycles. The number of halogens is 1. The summed E-state index contributed by atoms with van der Waals surface area (Å²) in [6.07, 6.45) is 3.47. The van der Waals surface area contributed by atoms with E-state index < -0.39 is 0 Å². The first-order valence-corrected chi connectivity index (χ1v) is 8.05. The van der Waals surface area contributed by atoms with Gasteiger partial charge in [0.2, 0.25) is 0 Å². The molecule has 0 spiro atoms. The normalized spacial score (nSPS) is 10.8. The molecule has 2 heterocycles. The van der Waals surface area contributed by atoms with Crippen LogP contribution in [0.15, 0.2) is 73.1 Å². The van der Waals surface area contributed by atoms with Crippen molar-refractivity contribution in [3.8, 4) is 33.9 Å². The van der Waals surface area contributed by atoms with Crippen molar-refractivity contribution in [1.82, 2.24) is 15.0 Å². The van der Waals surface area contributed by atoms with Crippen LogP contribution in [0.2, 0.25) is 0 Å². The Bertz CT molecular complexity index is 1020. The van der Waals surface area contributed by atoms with Gasteiger partial charge in [-0.15, -0.1) is 0 Å². The number of benzene rings is 2. The number of aryl methyl sites for hydroxylation is 1. The molecule has 1 N–H and O–H groups in total. The van der Waals surface area contributed by atoms with Crippen LogP contribution in [0.5, 0.6) is 0 Å². The second-order valence-electron chi connectivity index (χ2n) is 5.89. The van der Waals surface area contributed by atoms with Crippen LogP contribution >= 0.6 is 0 Å². The minimum atomic E-state index is -0.298. The highest BCUT2D eigenvalue weighted by Gasteiger charge is 2.17. The summed E-state index contributed by atoms with van der Waals surface area (Å²) in [6, 6.07) is 18.6. The molecular formula is C21H16FN3. The molecule has 4 rings (SSSR count). The molecule has 0 saturated carbocycles. The van der Waals surface area contributed by atoms with Crippen LogP contribution in [0.4, 0.5) is 4.39 Å². The van der Waals surface area contributed by atoms with E-state index in [-0.39, 0.29) is 5.82 Å². The minimum Gasteiger partial charge on any atom is -0.337 e. The number of rotatable bonds is 3. The maximum atomic E-state index is 14.2. The van der Waals surface area contributed by atoms with E-state index in [4.69, 9.17) is 4.98 Å². The Morgan fingerprint density at radius 2 is 1.68 bits per heavy atom. The summed E-state index contributed by atoms with van der Waals surface area (Å²) in [4.78, 5) is 12.1. The van der Waals surface area contributed by atoms with Crippen molar-refractivity contribution >= 4 is 0 Å². The van der Waals surface area contributed by atoms with Crippen molar-refractivity contribution in [1.29, 1.82) is 0 Å². The zero-order valence-electron chi connectivity index (χ0n) is 13.7. The summed E-state index contributed by atoms with van der Waals surface area (Å²) in [5, 5.41) is 0. The van der Waals surface area contributed by atoms with Gasteiger partial charge in [0.1, 0.15) is 11.6 Å². The van der Waals surface area contributed by atoms with E-state index in [0.717, 1.165) is 28.1 Å². The third-order valence-corrected chi connectivity index (χ3v) is 4.09. The Balaban J connectivity index is 1.94. The van der Waals surface area contributed by atoms with Crippen LogP contribution in [-0.4, -0.2) is 15.0 Å². The third kappa shape index (κ3) is 2.94. The molecule has 0 aliphatic rings. The standard InChI is InChI=1S/C21H16FN3/c1-14-5-4-6-16(13-14)20-19(15-9-11-23-12-10-15)24-21(25-20)17-7-2-3-8-18(17)22/h2-13H,1H3,(H,24,25). The molecule has 0 fully saturated rings. The highest BCUT2D eigenvalue weighted by Crippen LogP contribution is 2.33. The third-order valence-electron chi connectivity index (χ3n) is 4.09. The van der Waals surface area contributed by atoms with Crippen molar-refractivity contribution in [3.63, 3.8) is 0 Å². The molecule has 2 aromatic heterocycles. The molecule has 0 atom stereocenters. The van der Waals surface area contributed by atoms with E-state index in [0.29, 0.717) is 11.4 Å². The lowest BCUT2D eigenvalue weighted by Crippen LogP contribution is -1.85. The zero-order valence-corrected chi connectivity index (χ0v) is 13.7. The van der Waals surface area contributed by atoms with E-state index in [2.05, 4.69) is 16.0 Å². The lowest BCUT2D eigenvalue weighted by molar-refractivity contribution is 0.630. The molecule has 122 valence electrons. The zero-order chi connectivity index (χ0) is 17.2. The molecule has 4 heteroatoms. The first-order valence-electron chi connectivity index (χ1n) is 8.05. The molecule has 2 aromatic carbocycles. The molecule has 0 amide bonds. The number of hydrogen-bond donors (Lipinski definition) is 1. The van der Waals surface area contributed by atoms with Gasteiger partial charge < -0.3 is 4.98 Å². The Hall–Kier alpha value is -3.27. The van der Waals surface area contributed by atoms with Crippen LogP contribution in [-0.2, 0) is 0 Å². The van der Waals surface area contributed by atoms with Crippen molar-refractivity contribution < 1.29 is 4.39 Å². The number of nitrogens with zero attached hydrogens (tertiary/aromatic N) is 2. The second-order valence-corrected chi connectivity index (χ2v) is 5.89. The molecule has 25 heavy (non-hydrogen) atoms. The number of pyridine rings is 1. The number of imidazole rings is 1. The molecule has 0 bridgehead atoms. The van der Waals surface area contributed by atoms with Crippen LogP contribution in [0.1, 0.15) is 5.56 Å². The van der Waals surface area contributed by atoms with Gasteiger partial charge in [-0.2, -0.15) is 0 Å². The van der Waals surface area contributed by atoms with E-state index in [9.17, 15) is 4.39 Å². The summed E-state index contributed by atoms with van der Waals surface area (Å²) >= 11 is 0. The van der Waals surface area contributed by atoms with Crippen LogP contribution in [0.25, 0.3) is 33.9 Å². The fourth-order valence-corrected chi connectivity index (χ4v) is 2.88. The maximum Gasteiger partial charge on any atom is 0.141 e. The first-order chi connectivity index (χ1) is 12.2. The number of hydrogen-bond acceptors (Lipinski definition) is 2. The van der Waals surface area contributed by atoms with Crippen LogP contribution in [0.3, 0.4) is 0 Å². The summed E-state index contributed by atoms with van der Waals surface area (Å²) < 4.78 is 14.2. The lowest BCUT2D eigenvalue weighted by Gasteiger charge is -2.03. The smallest absolute Gasteiger partial charge is 0.141 e. The molecule has 0 aliphatic carbocycles. The Labute approximate surface area is 145 Å². The van der Waals surface area contributed by atoms with Crippen LogP contribution in [0, 0.1) is 12.7 Å². The predicted octanol–water partition coefficient (Wildman–Crippen LogP) is 5.25. The van der Waals surface area contributed by atoms with E-state index in [1.165, 1.54) is 6.07 Å². The van der Waals surface area contributed by atoms with Crippen LogP contribution < -0.4 is 0 Å². The first kappa shape index (κ1) is 15.3. The number of nitrogens with one attached hydrogen (secondary N) is 1. The van der Waals surface area contributed by atoms with Gasteiger partial charge in [-0.1, -0.05) is 35.9 Å². The van der Waals surface area contributed by atoms with Crippen molar-refractivity contribution in [2.75, 3.05) is 0 Å². The van der Waals surface area contributed by atoms with E-state index in [1.54, 1.807) is 30.6 Å². The Morgan fingerprint density at radius 1 is 0.880 bits per heavy atom. The van der Waals surface area contributed by atoms with Gasteiger partial charge in [-0.25, -0.2) is 9.37 Å². The summed E-state index contributed by atoms with van der Waals surface area (Å²) in [6.45, 7) is 2.04. The predicted molar refractivity (Wildman–Crippen MR) is 97.4 cm³/mol. The van der Waals surface area contributed by atoms with E-state index in [1.807, 2.05) is 37.3 Å². The lowest BCUT2D eigenvalue weighted by atomic mass is 10.0. The Kier molecular flexibility index (Phi) is 3.86. The molecule has 0 unspecified atom stereocenters. The molecule has 0 radical (unpaired) electrons. The summed E-state index contributed by atoms with van der Waals surface area (Å²) in [5.41, 5.74) is 5.21. The van der Waals surface area contributed by atoms with Crippen molar-refractivity contribution in [3.05, 3.63) is 84.4 Å². The average molecular weight is 329 g/mol. The van der Waals surface area contributed by atoms with Gasteiger partial charge in [-0.05, 0) is 37.3 Å². The number of aromatic amines is 1. The fourth-order valence-electron chi connectivity index (χ4n) is 2.88. The minimum absolute atomic E-state index is 0.298. The summed E-state index contributed by atoms with van der Waals surface area (Å²) in [5.74, 6) is 0.217. The topological polar surface area (TPSA) is 41.6 Å². The number of aromatic nitrogens is 3. The van der Waals surface area contributed by atoms with E-state index >= 15 is 0 Å². The van der Waals surface area contributed by atoms with Crippen molar-refractivity contribution in [2.24, 2.45) is 0 Å². The average Bonchev–Trinajstić information content (AvgIpc) is 3.08. The van der Waals surface area contributed by atoms with Gasteiger partial charge >= 0.3 is 0 Å². The fraction of sp³-hybridized carbons (Fsp3) is 0.0476. The molecule has 3 nitrogen and oxygen atoms in total. The SMILES string of the molecule is Cc1cccc(-c2nc(-c3ccccc3F)[nH]c2-c2ccncc2)c1. The highest BCUT2D eigenvalue weighted by atomic mass is 19.1. The highest BCUT2D eigenvalue weighted by molar-refractivity contribution is 5.81. The van der Waals surface area contributed by atoms with Gasteiger partial charge in [0.05, 0.1) is 17.0 Å². The number of H-pyrrole nitrogens is 1. The van der Waals surface area contributed by atoms with Crippen molar-refractivity contribution in [2.45, 2.75) is 6.92 Å². The Morgan fingerprint density at radius 3 is 2.44 bits per heavy atom. The maximum absolute atomic E-state index is 14.2. The molecular weight excluding hydrogens is 313 g/mol. The largest absolute Gasteiger partial charge is 0.337 e. The van der Waals surface area contributed by atoms with Gasteiger partial charge in [-0.3, -0.25) is 4.98 Å². The summed E-state index contributed by atoms with van der Waals surface area (Å²) in [7, 11) is 0. The quantitative estimate of drug-likeness (QED) is 0.557. The molecule has 0 aliphatic heterocycles.